The second kappa shape index (κ2) is 6.96. The van der Waals surface area contributed by atoms with E-state index in [1.807, 2.05) is 24.4 Å². The average Bonchev–Trinajstić information content (AvgIpc) is 2.29. The molecule has 1 N–H and O–H groups in total. The Balaban J connectivity index is 2.75. The Labute approximate surface area is 97.2 Å². The van der Waals surface area contributed by atoms with Crippen molar-refractivity contribution in [2.75, 3.05) is 11.9 Å². The van der Waals surface area contributed by atoms with Gasteiger partial charge in [0.25, 0.3) is 0 Å². The highest BCUT2D eigenvalue weighted by Gasteiger charge is 2.01. The lowest BCUT2D eigenvalue weighted by Crippen LogP contribution is -2.20. The van der Waals surface area contributed by atoms with Crippen molar-refractivity contribution in [1.82, 2.24) is 10.3 Å². The van der Waals surface area contributed by atoms with Crippen molar-refractivity contribution in [3.63, 3.8) is 0 Å². The molecule has 0 saturated heterocycles. The monoisotopic (exact) mass is 266 g/mol. The van der Waals surface area contributed by atoms with Gasteiger partial charge in [0.05, 0.1) is 0 Å². The predicted octanol–water partition coefficient (Wildman–Crippen LogP) is 1.68. The maximum absolute atomic E-state index is 8.58. The highest BCUT2D eigenvalue weighted by Crippen LogP contribution is 1.96. The number of alkyl halides is 1. The summed E-state index contributed by atoms with van der Waals surface area (Å²) in [5.74, 6) is 0.527. The van der Waals surface area contributed by atoms with E-state index < -0.39 is 0 Å². The first-order chi connectivity index (χ1) is 7.38. The summed E-state index contributed by atoms with van der Waals surface area (Å²) < 4.78 is 0. The standard InChI is InChI=1S/C10H11BrN4/c11-5-3-7-14-10(15-8-12)9-4-1-2-6-13-9/h1-2,4,6H,3,5,7H2,(H,14,15). The smallest absolute Gasteiger partial charge is 0.182 e. The molecule has 0 spiro atoms. The van der Waals surface area contributed by atoms with Crippen LogP contribution in [0.5, 0.6) is 0 Å². The van der Waals surface area contributed by atoms with Crippen molar-refractivity contribution in [2.45, 2.75) is 6.42 Å². The summed E-state index contributed by atoms with van der Waals surface area (Å²) in [7, 11) is 0. The zero-order chi connectivity index (χ0) is 10.9. The summed E-state index contributed by atoms with van der Waals surface area (Å²) in [6, 6.07) is 5.50. The molecule has 0 atom stereocenters. The van der Waals surface area contributed by atoms with Gasteiger partial charge in [0.1, 0.15) is 5.69 Å². The number of nitrogens with one attached hydrogen (secondary N) is 1. The third-order valence-corrected chi connectivity index (χ3v) is 2.20. The van der Waals surface area contributed by atoms with Crippen LogP contribution in [0.3, 0.4) is 0 Å². The van der Waals surface area contributed by atoms with E-state index in [0.717, 1.165) is 11.8 Å². The molecule has 0 unspecified atom stereocenters. The maximum Gasteiger partial charge on any atom is 0.182 e. The van der Waals surface area contributed by atoms with Gasteiger partial charge in [-0.25, -0.2) is 0 Å². The Morgan fingerprint density at radius 1 is 1.60 bits per heavy atom. The number of pyridine rings is 1. The van der Waals surface area contributed by atoms with Gasteiger partial charge in [-0.05, 0) is 18.6 Å². The summed E-state index contributed by atoms with van der Waals surface area (Å²) in [6.07, 6.45) is 4.47. The minimum absolute atomic E-state index is 0.527. The first kappa shape index (κ1) is 11.7. The molecule has 0 radical (unpaired) electrons. The minimum atomic E-state index is 0.527. The fourth-order valence-electron chi connectivity index (χ4n) is 0.991. The number of aromatic nitrogens is 1. The summed E-state index contributed by atoms with van der Waals surface area (Å²) in [6.45, 7) is 0.672. The van der Waals surface area contributed by atoms with Crippen LogP contribution in [0.25, 0.3) is 0 Å². The first-order valence-electron chi connectivity index (χ1n) is 4.55. The minimum Gasteiger partial charge on any atom is -0.275 e. The molecule has 5 heteroatoms. The van der Waals surface area contributed by atoms with Gasteiger partial charge in [0.2, 0.25) is 0 Å². The van der Waals surface area contributed by atoms with E-state index in [4.69, 9.17) is 5.26 Å². The molecule has 0 bridgehead atoms. The Hall–Kier alpha value is -1.41. The molecule has 0 fully saturated rings. The Kier molecular flexibility index (Phi) is 5.41. The number of nitrogens with zero attached hydrogens (tertiary/aromatic N) is 3. The van der Waals surface area contributed by atoms with E-state index in [-0.39, 0.29) is 0 Å². The molecule has 0 aliphatic carbocycles. The molecule has 1 heterocycles. The number of hydrogen-bond donors (Lipinski definition) is 1. The van der Waals surface area contributed by atoms with Gasteiger partial charge in [0.15, 0.2) is 12.0 Å². The Bertz CT molecular complexity index is 355. The molecule has 0 aromatic carbocycles. The topological polar surface area (TPSA) is 61.1 Å². The Morgan fingerprint density at radius 2 is 2.47 bits per heavy atom. The average molecular weight is 267 g/mol. The van der Waals surface area contributed by atoms with E-state index >= 15 is 0 Å². The predicted molar refractivity (Wildman–Crippen MR) is 62.8 cm³/mol. The van der Waals surface area contributed by atoms with Crippen LogP contribution in [0.4, 0.5) is 0 Å². The lowest BCUT2D eigenvalue weighted by atomic mass is 10.3. The molecule has 0 aliphatic rings. The third-order valence-electron chi connectivity index (χ3n) is 1.64. The highest BCUT2D eigenvalue weighted by atomic mass is 79.9. The van der Waals surface area contributed by atoms with Crippen LogP contribution in [-0.4, -0.2) is 22.7 Å². The number of amidine groups is 1. The van der Waals surface area contributed by atoms with E-state index in [1.54, 1.807) is 6.20 Å². The first-order valence-corrected chi connectivity index (χ1v) is 5.67. The largest absolute Gasteiger partial charge is 0.275 e. The van der Waals surface area contributed by atoms with Crippen LogP contribution in [-0.2, 0) is 0 Å². The van der Waals surface area contributed by atoms with Crippen molar-refractivity contribution in [1.29, 1.82) is 5.26 Å². The molecule has 1 aromatic rings. The third kappa shape index (κ3) is 4.09. The molecule has 1 aromatic heterocycles. The lowest BCUT2D eigenvalue weighted by molar-refractivity contribution is 0.938. The summed E-state index contributed by atoms with van der Waals surface area (Å²) in [4.78, 5) is 8.38. The fraction of sp³-hybridized carbons (Fsp3) is 0.300. The van der Waals surface area contributed by atoms with Crippen molar-refractivity contribution < 1.29 is 0 Å². The number of rotatable bonds is 4. The zero-order valence-corrected chi connectivity index (χ0v) is 9.74. The SMILES string of the molecule is N#CNC(=NCCCBr)c1ccccn1. The zero-order valence-electron chi connectivity index (χ0n) is 8.15. The highest BCUT2D eigenvalue weighted by molar-refractivity contribution is 9.09. The van der Waals surface area contributed by atoms with Gasteiger partial charge in [-0.2, -0.15) is 5.26 Å². The summed E-state index contributed by atoms with van der Waals surface area (Å²) in [5.41, 5.74) is 0.689. The number of aliphatic imine (C=N–C) groups is 1. The van der Waals surface area contributed by atoms with Gasteiger partial charge in [-0.3, -0.25) is 15.3 Å². The van der Waals surface area contributed by atoms with Gasteiger partial charge in [-0.15, -0.1) is 0 Å². The second-order valence-electron chi connectivity index (χ2n) is 2.72. The molecule has 0 aliphatic heterocycles. The molecule has 15 heavy (non-hydrogen) atoms. The molecule has 4 nitrogen and oxygen atoms in total. The number of nitriles is 1. The normalized spacial score (nSPS) is 10.8. The van der Waals surface area contributed by atoms with Gasteiger partial charge in [-0.1, -0.05) is 22.0 Å². The van der Waals surface area contributed by atoms with Crippen LogP contribution < -0.4 is 5.32 Å². The Morgan fingerprint density at radius 3 is 3.07 bits per heavy atom. The molecule has 0 amide bonds. The van der Waals surface area contributed by atoms with Crippen molar-refractivity contribution >= 4 is 21.8 Å². The van der Waals surface area contributed by atoms with E-state index in [2.05, 4.69) is 31.2 Å². The van der Waals surface area contributed by atoms with Crippen molar-refractivity contribution in [3.05, 3.63) is 30.1 Å². The van der Waals surface area contributed by atoms with E-state index in [0.29, 0.717) is 18.1 Å². The van der Waals surface area contributed by atoms with Crippen LogP contribution in [0.2, 0.25) is 0 Å². The quantitative estimate of drug-likeness (QED) is 0.225. The lowest BCUT2D eigenvalue weighted by Gasteiger charge is -2.02. The molecular weight excluding hydrogens is 256 g/mol. The number of halogens is 1. The van der Waals surface area contributed by atoms with Gasteiger partial charge >= 0.3 is 0 Å². The summed E-state index contributed by atoms with van der Waals surface area (Å²) in [5, 5.41) is 12.0. The van der Waals surface area contributed by atoms with Crippen LogP contribution in [0.1, 0.15) is 12.1 Å². The summed E-state index contributed by atoms with van der Waals surface area (Å²) >= 11 is 3.32. The van der Waals surface area contributed by atoms with E-state index in [1.165, 1.54) is 0 Å². The number of hydrogen-bond acceptors (Lipinski definition) is 3. The van der Waals surface area contributed by atoms with Gasteiger partial charge < -0.3 is 0 Å². The maximum atomic E-state index is 8.58. The van der Waals surface area contributed by atoms with E-state index in [9.17, 15) is 0 Å². The van der Waals surface area contributed by atoms with Crippen LogP contribution in [0.15, 0.2) is 29.4 Å². The fourth-order valence-corrected chi connectivity index (χ4v) is 1.24. The molecule has 0 saturated carbocycles. The van der Waals surface area contributed by atoms with Crippen LogP contribution in [0, 0.1) is 11.5 Å². The molecule has 78 valence electrons. The van der Waals surface area contributed by atoms with Crippen LogP contribution >= 0.6 is 15.9 Å². The van der Waals surface area contributed by atoms with Crippen molar-refractivity contribution in [3.8, 4) is 6.19 Å². The second-order valence-corrected chi connectivity index (χ2v) is 3.52. The molecular formula is C10H11BrN4. The van der Waals surface area contributed by atoms with Crippen molar-refractivity contribution in [2.24, 2.45) is 4.99 Å². The van der Waals surface area contributed by atoms with Gasteiger partial charge in [0, 0.05) is 18.1 Å². The molecule has 1 rings (SSSR count).